The number of thioether (sulfide) groups is 1. The Kier molecular flexibility index (Phi) is 4.39. The Morgan fingerprint density at radius 3 is 2.28 bits per heavy atom. The van der Waals surface area contributed by atoms with Crippen molar-refractivity contribution < 1.29 is 9.50 Å². The average molecular weight is 262 g/mol. The van der Waals surface area contributed by atoms with Gasteiger partial charge in [-0.1, -0.05) is 29.8 Å². The molecule has 0 heterocycles. The van der Waals surface area contributed by atoms with Crippen molar-refractivity contribution in [3.8, 4) is 0 Å². The van der Waals surface area contributed by atoms with Gasteiger partial charge < -0.3 is 5.11 Å². The number of aliphatic hydroxyl groups is 1. The van der Waals surface area contributed by atoms with Crippen LogP contribution < -0.4 is 0 Å². The van der Waals surface area contributed by atoms with Crippen LogP contribution in [0, 0.1) is 12.7 Å². The lowest BCUT2D eigenvalue weighted by Crippen LogP contribution is -2.00. The SMILES string of the molecule is Cc1ccc(SCC(O)c2ccc(F)cc2)cc1. The Bertz CT molecular complexity index is 493. The summed E-state index contributed by atoms with van der Waals surface area (Å²) in [6.45, 7) is 2.04. The number of aliphatic hydroxyl groups excluding tert-OH is 1. The summed E-state index contributed by atoms with van der Waals surface area (Å²) in [7, 11) is 0. The van der Waals surface area contributed by atoms with Gasteiger partial charge in [0, 0.05) is 10.6 Å². The molecular weight excluding hydrogens is 247 g/mol. The van der Waals surface area contributed by atoms with Gasteiger partial charge in [-0.3, -0.25) is 0 Å². The van der Waals surface area contributed by atoms with Crippen molar-refractivity contribution in [1.29, 1.82) is 0 Å². The third-order valence-corrected chi connectivity index (χ3v) is 3.77. The van der Waals surface area contributed by atoms with Gasteiger partial charge in [0.15, 0.2) is 0 Å². The number of aryl methyl sites for hydroxylation is 1. The van der Waals surface area contributed by atoms with Crippen LogP contribution in [0.4, 0.5) is 4.39 Å². The second kappa shape index (κ2) is 6.03. The minimum absolute atomic E-state index is 0.280. The Morgan fingerprint density at radius 1 is 1.06 bits per heavy atom. The lowest BCUT2D eigenvalue weighted by Gasteiger charge is -2.10. The zero-order chi connectivity index (χ0) is 13.0. The molecule has 0 spiro atoms. The molecule has 2 rings (SSSR count). The molecule has 0 bridgehead atoms. The van der Waals surface area contributed by atoms with Gasteiger partial charge in [-0.05, 0) is 36.8 Å². The van der Waals surface area contributed by atoms with E-state index in [-0.39, 0.29) is 5.82 Å². The molecule has 1 unspecified atom stereocenters. The molecule has 0 amide bonds. The smallest absolute Gasteiger partial charge is 0.123 e. The zero-order valence-electron chi connectivity index (χ0n) is 10.1. The van der Waals surface area contributed by atoms with Gasteiger partial charge in [-0.2, -0.15) is 0 Å². The first-order valence-electron chi connectivity index (χ1n) is 5.78. The van der Waals surface area contributed by atoms with Crippen molar-refractivity contribution in [2.24, 2.45) is 0 Å². The topological polar surface area (TPSA) is 20.2 Å². The van der Waals surface area contributed by atoms with E-state index in [1.807, 2.05) is 31.2 Å². The summed E-state index contributed by atoms with van der Waals surface area (Å²) in [5, 5.41) is 9.98. The van der Waals surface area contributed by atoms with Crippen LogP contribution in [0.15, 0.2) is 53.4 Å². The predicted octanol–water partition coefficient (Wildman–Crippen LogP) is 3.96. The summed E-state index contributed by atoms with van der Waals surface area (Å²) in [5.74, 6) is 0.284. The van der Waals surface area contributed by atoms with Gasteiger partial charge in [0.1, 0.15) is 5.82 Å². The van der Waals surface area contributed by atoms with Crippen LogP contribution in [0.5, 0.6) is 0 Å². The summed E-state index contributed by atoms with van der Waals surface area (Å²) in [6.07, 6.45) is -0.572. The Balaban J connectivity index is 1.93. The first kappa shape index (κ1) is 13.1. The molecule has 1 atom stereocenters. The van der Waals surface area contributed by atoms with Gasteiger partial charge in [0.25, 0.3) is 0 Å². The molecule has 0 fully saturated rings. The van der Waals surface area contributed by atoms with E-state index in [4.69, 9.17) is 0 Å². The van der Waals surface area contributed by atoms with Crippen molar-refractivity contribution in [1.82, 2.24) is 0 Å². The number of hydrogen-bond acceptors (Lipinski definition) is 2. The fourth-order valence-electron chi connectivity index (χ4n) is 1.59. The molecule has 2 aromatic rings. The van der Waals surface area contributed by atoms with Gasteiger partial charge in [-0.15, -0.1) is 11.8 Å². The molecule has 0 saturated heterocycles. The molecule has 1 N–H and O–H groups in total. The minimum atomic E-state index is -0.572. The lowest BCUT2D eigenvalue weighted by atomic mass is 10.1. The summed E-state index contributed by atoms with van der Waals surface area (Å²) in [6, 6.07) is 14.2. The highest BCUT2D eigenvalue weighted by atomic mass is 32.2. The molecule has 0 aromatic heterocycles. The molecule has 18 heavy (non-hydrogen) atoms. The second-order valence-electron chi connectivity index (χ2n) is 4.19. The first-order valence-corrected chi connectivity index (χ1v) is 6.77. The van der Waals surface area contributed by atoms with Crippen LogP contribution in [0.1, 0.15) is 17.2 Å². The van der Waals surface area contributed by atoms with E-state index >= 15 is 0 Å². The first-order chi connectivity index (χ1) is 8.65. The molecule has 0 radical (unpaired) electrons. The second-order valence-corrected chi connectivity index (χ2v) is 5.28. The monoisotopic (exact) mass is 262 g/mol. The van der Waals surface area contributed by atoms with Gasteiger partial charge in [0.05, 0.1) is 6.10 Å². The van der Waals surface area contributed by atoms with E-state index in [0.717, 1.165) is 10.5 Å². The highest BCUT2D eigenvalue weighted by Crippen LogP contribution is 2.25. The number of rotatable bonds is 4. The lowest BCUT2D eigenvalue weighted by molar-refractivity contribution is 0.204. The van der Waals surface area contributed by atoms with Gasteiger partial charge >= 0.3 is 0 Å². The predicted molar refractivity (Wildman–Crippen MR) is 73.3 cm³/mol. The molecular formula is C15H15FOS. The Morgan fingerprint density at radius 2 is 1.67 bits per heavy atom. The quantitative estimate of drug-likeness (QED) is 0.842. The van der Waals surface area contributed by atoms with Crippen molar-refractivity contribution in [3.63, 3.8) is 0 Å². The van der Waals surface area contributed by atoms with Gasteiger partial charge in [-0.25, -0.2) is 4.39 Å². The standard InChI is InChI=1S/C15H15FOS/c1-11-2-8-14(9-3-11)18-10-15(17)12-4-6-13(16)7-5-12/h2-9,15,17H,10H2,1H3. The highest BCUT2D eigenvalue weighted by Gasteiger charge is 2.08. The van der Waals surface area contributed by atoms with Crippen LogP contribution in [0.2, 0.25) is 0 Å². The minimum Gasteiger partial charge on any atom is -0.388 e. The summed E-state index contributed by atoms with van der Waals surface area (Å²) < 4.78 is 12.8. The van der Waals surface area contributed by atoms with Gasteiger partial charge in [0.2, 0.25) is 0 Å². The fourth-order valence-corrected chi connectivity index (χ4v) is 2.46. The normalized spacial score (nSPS) is 12.4. The largest absolute Gasteiger partial charge is 0.388 e. The third kappa shape index (κ3) is 3.59. The van der Waals surface area contributed by atoms with Crippen molar-refractivity contribution in [2.75, 3.05) is 5.75 Å². The number of benzene rings is 2. The summed E-state index contributed by atoms with van der Waals surface area (Å²) in [5.41, 5.74) is 1.97. The molecule has 0 aliphatic carbocycles. The van der Waals surface area contributed by atoms with Crippen molar-refractivity contribution >= 4 is 11.8 Å². The fraction of sp³-hybridized carbons (Fsp3) is 0.200. The van der Waals surface area contributed by atoms with Crippen LogP contribution in [0.25, 0.3) is 0 Å². The van der Waals surface area contributed by atoms with Crippen molar-refractivity contribution in [3.05, 3.63) is 65.5 Å². The maximum atomic E-state index is 12.8. The van der Waals surface area contributed by atoms with Crippen molar-refractivity contribution in [2.45, 2.75) is 17.9 Å². The highest BCUT2D eigenvalue weighted by molar-refractivity contribution is 7.99. The van der Waals surface area contributed by atoms with E-state index in [1.54, 1.807) is 23.9 Å². The molecule has 1 nitrogen and oxygen atoms in total. The summed E-state index contributed by atoms with van der Waals surface area (Å²) in [4.78, 5) is 1.13. The maximum absolute atomic E-state index is 12.8. The Labute approximate surface area is 111 Å². The van der Waals surface area contributed by atoms with E-state index in [0.29, 0.717) is 5.75 Å². The molecule has 0 saturated carbocycles. The number of hydrogen-bond donors (Lipinski definition) is 1. The average Bonchev–Trinajstić information content (AvgIpc) is 2.38. The molecule has 2 aromatic carbocycles. The zero-order valence-corrected chi connectivity index (χ0v) is 11.0. The third-order valence-electron chi connectivity index (χ3n) is 2.68. The Hall–Kier alpha value is -1.32. The summed E-state index contributed by atoms with van der Waals surface area (Å²) >= 11 is 1.59. The van der Waals surface area contributed by atoms with E-state index in [1.165, 1.54) is 17.7 Å². The van der Waals surface area contributed by atoms with Crippen LogP contribution in [0.3, 0.4) is 0 Å². The van der Waals surface area contributed by atoms with E-state index < -0.39 is 6.10 Å². The maximum Gasteiger partial charge on any atom is 0.123 e. The van der Waals surface area contributed by atoms with Crippen LogP contribution in [-0.2, 0) is 0 Å². The molecule has 3 heteroatoms. The molecule has 0 aliphatic heterocycles. The van der Waals surface area contributed by atoms with E-state index in [9.17, 15) is 9.50 Å². The van der Waals surface area contributed by atoms with Crippen LogP contribution >= 0.6 is 11.8 Å². The molecule has 94 valence electrons. The number of halogens is 1. The van der Waals surface area contributed by atoms with Crippen LogP contribution in [-0.4, -0.2) is 10.9 Å². The van der Waals surface area contributed by atoms with E-state index in [2.05, 4.69) is 0 Å². The molecule has 0 aliphatic rings.